The number of nitrogen functional groups attached to an aromatic ring is 1. The average Bonchev–Trinajstić information content (AvgIpc) is 2.52. The van der Waals surface area contributed by atoms with E-state index in [1.807, 2.05) is 49.4 Å². The molecule has 0 fully saturated rings. The smallest absolute Gasteiger partial charge is 0.119 e. The first-order valence-electron chi connectivity index (χ1n) is 7.53. The molecule has 3 heteroatoms. The predicted octanol–water partition coefficient (Wildman–Crippen LogP) is 4.57. The zero-order valence-corrected chi connectivity index (χ0v) is 13.0. The number of hydrogen-bond donors (Lipinski definition) is 2. The Morgan fingerprint density at radius 2 is 1.62 bits per heavy atom. The van der Waals surface area contributed by atoms with Crippen LogP contribution in [-0.4, -0.2) is 13.2 Å². The Morgan fingerprint density at radius 3 is 2.19 bits per heavy atom. The number of hydrogen-bond acceptors (Lipinski definition) is 3. The van der Waals surface area contributed by atoms with E-state index in [1.54, 1.807) is 0 Å². The van der Waals surface area contributed by atoms with Gasteiger partial charge in [0.15, 0.2) is 0 Å². The molecule has 0 radical (unpaired) electrons. The molecule has 2 rings (SSSR count). The third-order valence-electron chi connectivity index (χ3n) is 2.82. The molecule has 0 heterocycles. The molecule has 0 unspecified atom stereocenters. The van der Waals surface area contributed by atoms with Crippen LogP contribution in [0.2, 0.25) is 0 Å². The molecule has 0 aliphatic carbocycles. The fraction of sp³-hybridized carbons (Fsp3) is 0.333. The van der Waals surface area contributed by atoms with Crippen LogP contribution >= 0.6 is 0 Å². The Hall–Kier alpha value is -2.16. The van der Waals surface area contributed by atoms with Crippen LogP contribution < -0.4 is 15.8 Å². The second-order valence-corrected chi connectivity index (χ2v) is 4.65. The fourth-order valence-corrected chi connectivity index (χ4v) is 1.70. The van der Waals surface area contributed by atoms with Gasteiger partial charge in [-0.3, -0.25) is 0 Å². The van der Waals surface area contributed by atoms with Crippen molar-refractivity contribution in [2.75, 3.05) is 24.2 Å². The van der Waals surface area contributed by atoms with Crippen LogP contribution in [0, 0.1) is 0 Å². The van der Waals surface area contributed by atoms with Crippen molar-refractivity contribution in [3.05, 3.63) is 54.6 Å². The van der Waals surface area contributed by atoms with Crippen LogP contribution in [-0.2, 0) is 0 Å². The van der Waals surface area contributed by atoms with Gasteiger partial charge in [-0.1, -0.05) is 31.5 Å². The largest absolute Gasteiger partial charge is 0.494 e. The second kappa shape index (κ2) is 10.6. The van der Waals surface area contributed by atoms with E-state index in [1.165, 1.54) is 18.5 Å². The van der Waals surface area contributed by atoms with Gasteiger partial charge in [0.1, 0.15) is 5.75 Å². The van der Waals surface area contributed by atoms with Crippen LogP contribution in [0.15, 0.2) is 54.6 Å². The number of nitrogens with one attached hydrogen (secondary N) is 1. The van der Waals surface area contributed by atoms with Crippen LogP contribution in [0.4, 0.5) is 11.4 Å². The van der Waals surface area contributed by atoms with Gasteiger partial charge in [0.2, 0.25) is 0 Å². The molecule has 0 amide bonds. The summed E-state index contributed by atoms with van der Waals surface area (Å²) in [6.45, 7) is 5.94. The molecule has 3 nitrogen and oxygen atoms in total. The molecule has 0 aliphatic heterocycles. The lowest BCUT2D eigenvalue weighted by atomic mass is 10.3. The lowest BCUT2D eigenvalue weighted by molar-refractivity contribution is 0.340. The molecule has 0 saturated carbocycles. The summed E-state index contributed by atoms with van der Waals surface area (Å²) < 4.78 is 5.21. The number of nitrogens with two attached hydrogens (primary N) is 1. The summed E-state index contributed by atoms with van der Waals surface area (Å²) in [7, 11) is 0. The molecule has 0 atom stereocenters. The maximum absolute atomic E-state index is 5.47. The standard InChI is InChI=1S/C10H15N.C8H11NO/c1-2-3-9-11-10-7-5-4-6-8-10;1-2-10-8-5-3-7(9)4-6-8/h4-8,11H,2-3,9H2,1H3;3-6H,2,9H2,1H3. The Bertz CT molecular complexity index is 468. The van der Waals surface area contributed by atoms with Crippen molar-refractivity contribution < 1.29 is 4.74 Å². The van der Waals surface area contributed by atoms with Crippen LogP contribution in [0.3, 0.4) is 0 Å². The summed E-state index contributed by atoms with van der Waals surface area (Å²) in [5.74, 6) is 0.872. The average molecular weight is 286 g/mol. The quantitative estimate of drug-likeness (QED) is 0.604. The highest BCUT2D eigenvalue weighted by molar-refractivity contribution is 5.42. The first-order valence-corrected chi connectivity index (χ1v) is 7.53. The summed E-state index contributed by atoms with van der Waals surface area (Å²) in [5.41, 5.74) is 7.46. The number of para-hydroxylation sites is 1. The summed E-state index contributed by atoms with van der Waals surface area (Å²) in [6.07, 6.45) is 2.49. The SMILES string of the molecule is CCCCNc1ccccc1.CCOc1ccc(N)cc1. The van der Waals surface area contributed by atoms with Crippen molar-refractivity contribution in [3.8, 4) is 5.75 Å². The first kappa shape index (κ1) is 16.9. The molecular weight excluding hydrogens is 260 g/mol. The number of unbranched alkanes of at least 4 members (excludes halogenated alkanes) is 1. The Labute approximate surface area is 128 Å². The van der Waals surface area contributed by atoms with Gasteiger partial charge < -0.3 is 15.8 Å². The van der Waals surface area contributed by atoms with E-state index in [0.29, 0.717) is 6.61 Å². The summed E-state index contributed by atoms with van der Waals surface area (Å²) in [4.78, 5) is 0. The van der Waals surface area contributed by atoms with Gasteiger partial charge in [-0.25, -0.2) is 0 Å². The summed E-state index contributed by atoms with van der Waals surface area (Å²) >= 11 is 0. The van der Waals surface area contributed by atoms with Crippen molar-refractivity contribution in [1.29, 1.82) is 0 Å². The molecule has 0 bridgehead atoms. The minimum atomic E-state index is 0.698. The molecule has 2 aromatic carbocycles. The molecule has 114 valence electrons. The van der Waals surface area contributed by atoms with E-state index < -0.39 is 0 Å². The Kier molecular flexibility index (Phi) is 8.53. The fourth-order valence-electron chi connectivity index (χ4n) is 1.70. The zero-order chi connectivity index (χ0) is 15.3. The van der Waals surface area contributed by atoms with Gasteiger partial charge in [0, 0.05) is 17.9 Å². The van der Waals surface area contributed by atoms with Crippen molar-refractivity contribution >= 4 is 11.4 Å². The van der Waals surface area contributed by atoms with E-state index >= 15 is 0 Å². The molecule has 0 saturated heterocycles. The molecule has 3 N–H and O–H groups in total. The third kappa shape index (κ3) is 7.88. The van der Waals surface area contributed by atoms with Crippen molar-refractivity contribution in [3.63, 3.8) is 0 Å². The molecule has 0 spiro atoms. The third-order valence-corrected chi connectivity index (χ3v) is 2.82. The number of anilines is 2. The van der Waals surface area contributed by atoms with Gasteiger partial charge in [-0.2, -0.15) is 0 Å². The van der Waals surface area contributed by atoms with E-state index in [0.717, 1.165) is 18.0 Å². The van der Waals surface area contributed by atoms with Gasteiger partial charge in [0.25, 0.3) is 0 Å². The highest BCUT2D eigenvalue weighted by atomic mass is 16.5. The minimum absolute atomic E-state index is 0.698. The summed E-state index contributed by atoms with van der Waals surface area (Å²) in [5, 5.41) is 3.35. The Morgan fingerprint density at radius 1 is 0.952 bits per heavy atom. The highest BCUT2D eigenvalue weighted by Gasteiger charge is 1.88. The van der Waals surface area contributed by atoms with Gasteiger partial charge in [-0.15, -0.1) is 0 Å². The lowest BCUT2D eigenvalue weighted by Gasteiger charge is -2.03. The first-order chi connectivity index (χ1) is 10.3. The zero-order valence-electron chi connectivity index (χ0n) is 13.0. The van der Waals surface area contributed by atoms with Gasteiger partial charge >= 0.3 is 0 Å². The minimum Gasteiger partial charge on any atom is -0.494 e. The van der Waals surface area contributed by atoms with E-state index in [9.17, 15) is 0 Å². The monoisotopic (exact) mass is 286 g/mol. The van der Waals surface area contributed by atoms with E-state index in [4.69, 9.17) is 10.5 Å². The van der Waals surface area contributed by atoms with E-state index in [-0.39, 0.29) is 0 Å². The second-order valence-electron chi connectivity index (χ2n) is 4.65. The highest BCUT2D eigenvalue weighted by Crippen LogP contribution is 2.12. The predicted molar refractivity (Wildman–Crippen MR) is 91.9 cm³/mol. The molecule has 0 aromatic heterocycles. The van der Waals surface area contributed by atoms with E-state index in [2.05, 4.69) is 24.4 Å². The van der Waals surface area contributed by atoms with Gasteiger partial charge in [0.05, 0.1) is 6.61 Å². The number of rotatable bonds is 6. The summed E-state index contributed by atoms with van der Waals surface area (Å²) in [6, 6.07) is 17.7. The molecule has 0 aliphatic rings. The van der Waals surface area contributed by atoms with Gasteiger partial charge in [-0.05, 0) is 49.7 Å². The molecule has 2 aromatic rings. The molecular formula is C18H26N2O. The molecule has 21 heavy (non-hydrogen) atoms. The lowest BCUT2D eigenvalue weighted by Crippen LogP contribution is -1.99. The van der Waals surface area contributed by atoms with Crippen molar-refractivity contribution in [1.82, 2.24) is 0 Å². The van der Waals surface area contributed by atoms with Crippen LogP contribution in [0.1, 0.15) is 26.7 Å². The van der Waals surface area contributed by atoms with Crippen molar-refractivity contribution in [2.24, 2.45) is 0 Å². The maximum Gasteiger partial charge on any atom is 0.119 e. The number of ether oxygens (including phenoxy) is 1. The Balaban J connectivity index is 0.000000211. The van der Waals surface area contributed by atoms with Crippen LogP contribution in [0.25, 0.3) is 0 Å². The van der Waals surface area contributed by atoms with Crippen LogP contribution in [0.5, 0.6) is 5.75 Å². The topological polar surface area (TPSA) is 47.3 Å². The number of benzene rings is 2. The normalized spacial score (nSPS) is 9.43. The van der Waals surface area contributed by atoms with Crippen molar-refractivity contribution in [2.45, 2.75) is 26.7 Å². The maximum atomic E-state index is 5.47.